The fourth-order valence-electron chi connectivity index (χ4n) is 2.36. The van der Waals surface area contributed by atoms with Crippen LogP contribution in [0.25, 0.3) is 0 Å². The zero-order valence-electron chi connectivity index (χ0n) is 10.9. The summed E-state index contributed by atoms with van der Waals surface area (Å²) in [6.45, 7) is 3.69. The molecule has 0 aromatic heterocycles. The summed E-state index contributed by atoms with van der Waals surface area (Å²) in [6, 6.07) is 0. The molecule has 0 aromatic carbocycles. The SMILES string of the molecule is Cl[P@@]1(N2CC2)=NP(N2CC2)(N2CC2)=N[P@@](Cl)(N2CC2)=N1. The number of hydrogen-bond acceptors (Lipinski definition) is 7. The van der Waals surface area contributed by atoms with Gasteiger partial charge in [0.1, 0.15) is 0 Å². The molecule has 0 amide bonds. The summed E-state index contributed by atoms with van der Waals surface area (Å²) in [6.07, 6.45) is 0. The Kier molecular flexibility index (Phi) is 2.80. The molecule has 20 heavy (non-hydrogen) atoms. The van der Waals surface area contributed by atoms with Crippen LogP contribution in [0.5, 0.6) is 0 Å². The zero-order valence-corrected chi connectivity index (χ0v) is 15.1. The van der Waals surface area contributed by atoms with Crippen LogP contribution in [0.15, 0.2) is 13.5 Å². The number of nitrogens with zero attached hydrogens (tertiary/aromatic N) is 7. The maximum Gasteiger partial charge on any atom is 0.239 e. The molecule has 112 valence electrons. The lowest BCUT2D eigenvalue weighted by atomic mass is 11.0. The van der Waals surface area contributed by atoms with E-state index in [0.717, 1.165) is 52.4 Å². The van der Waals surface area contributed by atoms with E-state index in [0.29, 0.717) is 0 Å². The van der Waals surface area contributed by atoms with Crippen LogP contribution in [-0.4, -0.2) is 71.0 Å². The number of halogens is 2. The minimum atomic E-state index is -2.31. The highest BCUT2D eigenvalue weighted by molar-refractivity contribution is 8.02. The average Bonchev–Trinajstić information content (AvgIpc) is 3.29. The van der Waals surface area contributed by atoms with E-state index in [2.05, 4.69) is 18.7 Å². The van der Waals surface area contributed by atoms with E-state index in [-0.39, 0.29) is 0 Å². The summed E-state index contributed by atoms with van der Waals surface area (Å²) in [5.41, 5.74) is 0. The number of rotatable bonds is 4. The third-order valence-electron chi connectivity index (χ3n) is 3.87. The van der Waals surface area contributed by atoms with Crippen LogP contribution < -0.4 is 0 Å². The van der Waals surface area contributed by atoms with E-state index in [4.69, 9.17) is 36.0 Å². The van der Waals surface area contributed by atoms with Crippen molar-refractivity contribution in [2.24, 2.45) is 13.5 Å². The van der Waals surface area contributed by atoms with Crippen molar-refractivity contribution in [2.45, 2.75) is 0 Å². The van der Waals surface area contributed by atoms with E-state index >= 15 is 0 Å². The van der Waals surface area contributed by atoms with E-state index in [1.54, 1.807) is 0 Å². The smallest absolute Gasteiger partial charge is 0.237 e. The molecule has 0 N–H and O–H groups in total. The second-order valence-corrected chi connectivity index (χ2v) is 15.8. The Hall–Kier alpha value is 1.11. The lowest BCUT2D eigenvalue weighted by molar-refractivity contribution is 0.774. The molecule has 0 aliphatic carbocycles. The van der Waals surface area contributed by atoms with Gasteiger partial charge in [-0.3, -0.25) is 0 Å². The molecule has 7 nitrogen and oxygen atoms in total. The second-order valence-electron chi connectivity index (χ2n) is 5.61. The Morgan fingerprint density at radius 2 is 0.950 bits per heavy atom. The summed E-state index contributed by atoms with van der Waals surface area (Å²) in [4.78, 5) is 0. The van der Waals surface area contributed by atoms with Crippen LogP contribution >= 0.6 is 43.4 Å². The first-order valence-corrected chi connectivity index (χ1v) is 13.6. The Morgan fingerprint density at radius 1 is 0.550 bits per heavy atom. The molecule has 0 spiro atoms. The van der Waals surface area contributed by atoms with Gasteiger partial charge in [0.2, 0.25) is 20.9 Å². The summed E-state index contributed by atoms with van der Waals surface area (Å²) >= 11 is 13.8. The summed E-state index contributed by atoms with van der Waals surface area (Å²) < 4.78 is 24.2. The summed E-state index contributed by atoms with van der Waals surface area (Å²) in [7, 11) is -2.01. The third kappa shape index (κ3) is 2.06. The van der Waals surface area contributed by atoms with Gasteiger partial charge < -0.3 is 0 Å². The van der Waals surface area contributed by atoms with Crippen molar-refractivity contribution in [1.82, 2.24) is 18.7 Å². The molecule has 4 fully saturated rings. The largest absolute Gasteiger partial charge is 0.239 e. The molecule has 12 heteroatoms. The van der Waals surface area contributed by atoms with Gasteiger partial charge in [0.05, 0.1) is 0 Å². The molecular weight excluding hydrogens is 358 g/mol. The first-order valence-electron chi connectivity index (χ1n) is 6.87. The highest BCUT2D eigenvalue weighted by Crippen LogP contribution is 2.87. The van der Waals surface area contributed by atoms with Crippen molar-refractivity contribution < 1.29 is 0 Å². The van der Waals surface area contributed by atoms with Gasteiger partial charge in [-0.1, -0.05) is 0 Å². The highest BCUT2D eigenvalue weighted by atomic mass is 35.7. The van der Waals surface area contributed by atoms with Crippen molar-refractivity contribution in [2.75, 3.05) is 52.4 Å². The van der Waals surface area contributed by atoms with Gasteiger partial charge in [0, 0.05) is 52.4 Å². The molecule has 0 radical (unpaired) electrons. The Balaban J connectivity index is 1.76. The van der Waals surface area contributed by atoms with Crippen molar-refractivity contribution in [3.63, 3.8) is 0 Å². The van der Waals surface area contributed by atoms with Crippen LogP contribution in [0.1, 0.15) is 0 Å². The quantitative estimate of drug-likeness (QED) is 0.558. The standard InChI is InChI=1S/C8H16Cl2N7P3/c9-18(14-1-2-14)11-19(10,15-3-4-15)13-20(12-18,16-5-6-16)17-7-8-17/h1-8H2/t18-,19-/m0/s1. The van der Waals surface area contributed by atoms with E-state index in [1.165, 1.54) is 0 Å². The molecule has 2 atom stereocenters. The normalized spacial score (nSPS) is 47.1. The molecule has 0 bridgehead atoms. The Bertz CT molecular complexity index is 613. The predicted molar refractivity (Wildman–Crippen MR) is 86.0 cm³/mol. The maximum atomic E-state index is 6.89. The van der Waals surface area contributed by atoms with Crippen molar-refractivity contribution in [1.29, 1.82) is 0 Å². The van der Waals surface area contributed by atoms with Gasteiger partial charge in [0.15, 0.2) is 0 Å². The monoisotopic (exact) mass is 373 g/mol. The molecule has 4 saturated heterocycles. The predicted octanol–water partition coefficient (Wildman–Crippen LogP) is 3.58. The van der Waals surface area contributed by atoms with Gasteiger partial charge in [-0.2, -0.15) is 13.5 Å². The molecule has 0 saturated carbocycles. The average molecular weight is 374 g/mol. The van der Waals surface area contributed by atoms with Crippen LogP contribution in [0.3, 0.4) is 0 Å². The third-order valence-corrected chi connectivity index (χ3v) is 17.7. The Labute approximate surface area is 128 Å². The molecule has 5 aliphatic rings. The fourth-order valence-corrected chi connectivity index (χ4v) is 18.3. The highest BCUT2D eigenvalue weighted by Gasteiger charge is 2.54. The van der Waals surface area contributed by atoms with E-state index in [9.17, 15) is 0 Å². The summed E-state index contributed by atoms with van der Waals surface area (Å²) in [5, 5.41) is 0. The first kappa shape index (κ1) is 13.5. The molecule has 5 aliphatic heterocycles. The molecule has 5 rings (SSSR count). The van der Waals surface area contributed by atoms with Crippen LogP contribution in [0, 0.1) is 0 Å². The Morgan fingerprint density at radius 3 is 1.35 bits per heavy atom. The summed E-state index contributed by atoms with van der Waals surface area (Å²) in [5.74, 6) is 0. The molecule has 5 heterocycles. The molecule has 0 unspecified atom stereocenters. The van der Waals surface area contributed by atoms with Crippen LogP contribution in [0.4, 0.5) is 0 Å². The van der Waals surface area contributed by atoms with Gasteiger partial charge in [-0.05, 0) is 22.5 Å². The van der Waals surface area contributed by atoms with Gasteiger partial charge in [-0.25, -0.2) is 18.7 Å². The van der Waals surface area contributed by atoms with Gasteiger partial charge >= 0.3 is 0 Å². The lowest BCUT2D eigenvalue weighted by Crippen LogP contribution is -2.06. The fraction of sp³-hybridized carbons (Fsp3) is 1.00. The van der Waals surface area contributed by atoms with Crippen molar-refractivity contribution >= 4 is 43.4 Å². The molecule has 0 aromatic rings. The minimum absolute atomic E-state index is 1.00. The topological polar surface area (TPSA) is 49.1 Å². The van der Waals surface area contributed by atoms with E-state index in [1.807, 2.05) is 0 Å². The lowest BCUT2D eigenvalue weighted by Gasteiger charge is -2.33. The van der Waals surface area contributed by atoms with Gasteiger partial charge in [-0.15, -0.1) is 0 Å². The van der Waals surface area contributed by atoms with Crippen molar-refractivity contribution in [3.05, 3.63) is 0 Å². The van der Waals surface area contributed by atoms with Crippen molar-refractivity contribution in [3.8, 4) is 0 Å². The minimum Gasteiger partial charge on any atom is -0.237 e. The van der Waals surface area contributed by atoms with Gasteiger partial charge in [0.25, 0.3) is 0 Å². The number of hydrogen-bond donors (Lipinski definition) is 0. The zero-order chi connectivity index (χ0) is 13.6. The molecular formula is C8H16Cl2N7P3. The van der Waals surface area contributed by atoms with Crippen LogP contribution in [-0.2, 0) is 0 Å². The first-order chi connectivity index (χ1) is 9.54. The maximum absolute atomic E-state index is 6.89. The second kappa shape index (κ2) is 4.14. The van der Waals surface area contributed by atoms with Crippen LogP contribution in [0.2, 0.25) is 0 Å². The van der Waals surface area contributed by atoms with E-state index < -0.39 is 20.9 Å².